The van der Waals surface area contributed by atoms with Gasteiger partial charge in [-0.15, -0.1) is 0 Å². The molecule has 0 saturated carbocycles. The average Bonchev–Trinajstić information content (AvgIpc) is 2.35. The van der Waals surface area contributed by atoms with Gasteiger partial charge in [0.15, 0.2) is 0 Å². The molecule has 1 unspecified atom stereocenters. The van der Waals surface area contributed by atoms with Gasteiger partial charge in [-0.05, 0) is 24.3 Å². The Kier molecular flexibility index (Phi) is 5.55. The quantitative estimate of drug-likeness (QED) is 0.627. The van der Waals surface area contributed by atoms with E-state index in [4.69, 9.17) is 9.47 Å². The first-order valence-corrected chi connectivity index (χ1v) is 5.92. The number of thiol groups is 2. The summed E-state index contributed by atoms with van der Waals surface area (Å²) in [4.78, 5) is 11.5. The fourth-order valence-corrected chi connectivity index (χ4v) is 1.21. The van der Waals surface area contributed by atoms with Crippen molar-refractivity contribution in [1.29, 1.82) is 0 Å². The van der Waals surface area contributed by atoms with Crippen molar-refractivity contribution in [2.24, 2.45) is 0 Å². The minimum atomic E-state index is -0.358. The zero-order chi connectivity index (χ0) is 12.0. The Hall–Kier alpha value is -0.810. The number of rotatable bonds is 5. The van der Waals surface area contributed by atoms with Crippen LogP contribution in [0.5, 0.6) is 5.75 Å². The van der Waals surface area contributed by atoms with Crippen LogP contribution in [0.15, 0.2) is 24.3 Å². The van der Waals surface area contributed by atoms with Crippen molar-refractivity contribution in [2.75, 3.05) is 19.5 Å². The van der Waals surface area contributed by atoms with Crippen molar-refractivity contribution in [3.63, 3.8) is 0 Å². The lowest BCUT2D eigenvalue weighted by Gasteiger charge is -2.08. The topological polar surface area (TPSA) is 35.5 Å². The number of hydrogen-bond acceptors (Lipinski definition) is 5. The van der Waals surface area contributed by atoms with Crippen LogP contribution in [0.1, 0.15) is 10.4 Å². The molecule has 0 radical (unpaired) electrons. The van der Waals surface area contributed by atoms with E-state index in [-0.39, 0.29) is 17.8 Å². The molecule has 0 aliphatic rings. The number of benzene rings is 1. The standard InChI is InChI=1S/C11H14O3S2/c1-13-9-4-2-8(3-5-9)11(12)14-6-10(16)7-15/h2-5,10,15-16H,6-7H2,1H3. The predicted octanol–water partition coefficient (Wildman–Crippen LogP) is 2.08. The summed E-state index contributed by atoms with van der Waals surface area (Å²) in [6.07, 6.45) is 0. The Labute approximate surface area is 106 Å². The molecule has 16 heavy (non-hydrogen) atoms. The van der Waals surface area contributed by atoms with Gasteiger partial charge in [0.1, 0.15) is 12.4 Å². The smallest absolute Gasteiger partial charge is 0.338 e. The molecule has 1 atom stereocenters. The monoisotopic (exact) mass is 258 g/mol. The lowest BCUT2D eigenvalue weighted by Crippen LogP contribution is -2.15. The van der Waals surface area contributed by atoms with Crippen LogP contribution in [0.3, 0.4) is 0 Å². The van der Waals surface area contributed by atoms with Gasteiger partial charge in [-0.1, -0.05) is 0 Å². The number of esters is 1. The highest BCUT2D eigenvalue weighted by molar-refractivity contribution is 7.84. The van der Waals surface area contributed by atoms with Crippen LogP contribution in [-0.4, -0.2) is 30.7 Å². The van der Waals surface area contributed by atoms with Crippen molar-refractivity contribution in [2.45, 2.75) is 5.25 Å². The largest absolute Gasteiger partial charge is 0.497 e. The van der Waals surface area contributed by atoms with E-state index >= 15 is 0 Å². The molecule has 0 N–H and O–H groups in total. The van der Waals surface area contributed by atoms with E-state index in [2.05, 4.69) is 25.3 Å². The van der Waals surface area contributed by atoms with E-state index in [1.807, 2.05) is 0 Å². The third-order valence-corrected chi connectivity index (χ3v) is 3.00. The first kappa shape index (κ1) is 13.3. The zero-order valence-electron chi connectivity index (χ0n) is 8.92. The molecule has 1 aromatic rings. The van der Waals surface area contributed by atoms with E-state index in [1.165, 1.54) is 0 Å². The van der Waals surface area contributed by atoms with Crippen LogP contribution < -0.4 is 4.74 Å². The molecule has 0 heterocycles. The first-order valence-electron chi connectivity index (χ1n) is 4.77. The highest BCUT2D eigenvalue weighted by Crippen LogP contribution is 2.12. The van der Waals surface area contributed by atoms with E-state index in [1.54, 1.807) is 31.4 Å². The summed E-state index contributed by atoms with van der Waals surface area (Å²) in [5.41, 5.74) is 0.500. The van der Waals surface area contributed by atoms with Gasteiger partial charge in [-0.25, -0.2) is 4.79 Å². The van der Waals surface area contributed by atoms with Gasteiger partial charge >= 0.3 is 5.97 Å². The second kappa shape index (κ2) is 6.70. The zero-order valence-corrected chi connectivity index (χ0v) is 10.7. The van der Waals surface area contributed by atoms with Crippen LogP contribution in [0.2, 0.25) is 0 Å². The highest BCUT2D eigenvalue weighted by Gasteiger charge is 2.09. The molecule has 0 bridgehead atoms. The second-order valence-electron chi connectivity index (χ2n) is 3.16. The van der Waals surface area contributed by atoms with Gasteiger partial charge in [-0.2, -0.15) is 25.3 Å². The van der Waals surface area contributed by atoms with Crippen LogP contribution in [0, 0.1) is 0 Å². The molecule has 0 aliphatic heterocycles. The summed E-state index contributed by atoms with van der Waals surface area (Å²) < 4.78 is 10.0. The molecule has 5 heteroatoms. The molecule has 0 amide bonds. The average molecular weight is 258 g/mol. The van der Waals surface area contributed by atoms with Crippen molar-refractivity contribution in [3.05, 3.63) is 29.8 Å². The summed E-state index contributed by atoms with van der Waals surface area (Å²) in [7, 11) is 1.57. The summed E-state index contributed by atoms with van der Waals surface area (Å²) >= 11 is 8.22. The Bertz CT molecular complexity index is 338. The van der Waals surface area contributed by atoms with Gasteiger partial charge < -0.3 is 9.47 Å². The van der Waals surface area contributed by atoms with Crippen molar-refractivity contribution >= 4 is 31.2 Å². The summed E-state index contributed by atoms with van der Waals surface area (Å²) in [6.45, 7) is 0.261. The predicted molar refractivity (Wildman–Crippen MR) is 69.9 cm³/mol. The summed E-state index contributed by atoms with van der Waals surface area (Å²) in [5, 5.41) is -0.0365. The third-order valence-electron chi connectivity index (χ3n) is 1.94. The number of carbonyl (C=O) groups is 1. The Balaban J connectivity index is 2.52. The molecule has 0 saturated heterocycles. The molecule has 0 fully saturated rings. The maximum Gasteiger partial charge on any atom is 0.338 e. The van der Waals surface area contributed by atoms with E-state index in [0.29, 0.717) is 17.1 Å². The molecule has 0 spiro atoms. The molecule has 0 aliphatic carbocycles. The first-order chi connectivity index (χ1) is 7.67. The number of ether oxygens (including phenoxy) is 2. The van der Waals surface area contributed by atoms with Gasteiger partial charge in [0.05, 0.1) is 12.7 Å². The van der Waals surface area contributed by atoms with Crippen molar-refractivity contribution in [1.82, 2.24) is 0 Å². The maximum absolute atomic E-state index is 11.5. The summed E-state index contributed by atoms with van der Waals surface area (Å²) in [6, 6.07) is 6.76. The van der Waals surface area contributed by atoms with E-state index in [0.717, 1.165) is 0 Å². The minimum Gasteiger partial charge on any atom is -0.497 e. The third kappa shape index (κ3) is 3.98. The van der Waals surface area contributed by atoms with Crippen molar-refractivity contribution in [3.8, 4) is 5.75 Å². The SMILES string of the molecule is COc1ccc(C(=O)OCC(S)CS)cc1. The second-order valence-corrected chi connectivity index (χ2v) is 4.26. The number of carbonyl (C=O) groups excluding carboxylic acids is 1. The molecule has 1 aromatic carbocycles. The van der Waals surface area contributed by atoms with Crippen LogP contribution >= 0.6 is 25.3 Å². The fourth-order valence-electron chi connectivity index (χ4n) is 1.04. The Morgan fingerprint density at radius 2 is 2.00 bits per heavy atom. The molecule has 1 rings (SSSR count). The van der Waals surface area contributed by atoms with Crippen LogP contribution in [-0.2, 0) is 4.74 Å². The van der Waals surface area contributed by atoms with Gasteiger partial charge in [-0.3, -0.25) is 0 Å². The van der Waals surface area contributed by atoms with Gasteiger partial charge in [0, 0.05) is 11.0 Å². The normalized spacial score (nSPS) is 11.9. The Morgan fingerprint density at radius 3 is 2.50 bits per heavy atom. The number of methoxy groups -OCH3 is 1. The lowest BCUT2D eigenvalue weighted by atomic mass is 10.2. The van der Waals surface area contributed by atoms with Crippen LogP contribution in [0.4, 0.5) is 0 Å². The molecule has 0 aromatic heterocycles. The lowest BCUT2D eigenvalue weighted by molar-refractivity contribution is 0.0512. The van der Waals surface area contributed by atoms with Crippen LogP contribution in [0.25, 0.3) is 0 Å². The van der Waals surface area contributed by atoms with Crippen molar-refractivity contribution < 1.29 is 14.3 Å². The fraction of sp³-hybridized carbons (Fsp3) is 0.364. The molecular weight excluding hydrogens is 244 g/mol. The van der Waals surface area contributed by atoms with Gasteiger partial charge in [0.25, 0.3) is 0 Å². The van der Waals surface area contributed by atoms with E-state index < -0.39 is 0 Å². The maximum atomic E-state index is 11.5. The molecular formula is C11H14O3S2. The number of hydrogen-bond donors (Lipinski definition) is 2. The Morgan fingerprint density at radius 1 is 1.38 bits per heavy atom. The van der Waals surface area contributed by atoms with E-state index in [9.17, 15) is 4.79 Å². The minimum absolute atomic E-state index is 0.0365. The highest BCUT2D eigenvalue weighted by atomic mass is 32.1. The summed E-state index contributed by atoms with van der Waals surface area (Å²) in [5.74, 6) is 0.918. The molecule has 88 valence electrons. The van der Waals surface area contributed by atoms with Gasteiger partial charge in [0.2, 0.25) is 0 Å². The molecule has 3 nitrogen and oxygen atoms in total.